The van der Waals surface area contributed by atoms with Crippen molar-refractivity contribution in [3.05, 3.63) is 23.7 Å². The van der Waals surface area contributed by atoms with Gasteiger partial charge in [-0.3, -0.25) is 4.79 Å². The summed E-state index contributed by atoms with van der Waals surface area (Å²) in [5.74, 6) is 0.455. The van der Waals surface area contributed by atoms with Crippen molar-refractivity contribution in [2.24, 2.45) is 5.73 Å². The Bertz CT molecular complexity index is 726. The highest BCUT2D eigenvalue weighted by molar-refractivity contribution is 7.10. The molecule has 0 spiro atoms. The summed E-state index contributed by atoms with van der Waals surface area (Å²) in [6.07, 6.45) is 3.82. The van der Waals surface area contributed by atoms with Crippen LogP contribution in [-0.4, -0.2) is 46.4 Å². The summed E-state index contributed by atoms with van der Waals surface area (Å²) in [4.78, 5) is 22.5. The fourth-order valence-corrected chi connectivity index (χ4v) is 3.37. The molecule has 0 bridgehead atoms. The van der Waals surface area contributed by atoms with Gasteiger partial charge < -0.3 is 21.3 Å². The van der Waals surface area contributed by atoms with E-state index in [4.69, 9.17) is 5.73 Å². The van der Waals surface area contributed by atoms with Gasteiger partial charge in [-0.15, -0.1) is 0 Å². The van der Waals surface area contributed by atoms with Gasteiger partial charge in [0.25, 0.3) is 5.91 Å². The Morgan fingerprint density at radius 3 is 3.00 bits per heavy atom. The number of aryl methyl sites for hydroxylation is 1. The first-order valence-corrected chi connectivity index (χ1v) is 8.62. The quantitative estimate of drug-likeness (QED) is 0.747. The van der Waals surface area contributed by atoms with Gasteiger partial charge in [-0.1, -0.05) is 0 Å². The third-order valence-corrected chi connectivity index (χ3v) is 4.84. The number of aromatic nitrogens is 3. The number of carbonyl (C=O) groups is 1. The molecule has 1 aliphatic heterocycles. The molecule has 128 valence electrons. The average molecular weight is 347 g/mol. The van der Waals surface area contributed by atoms with Crippen LogP contribution in [0.4, 0.5) is 16.6 Å². The minimum Gasteiger partial charge on any atom is -0.364 e. The summed E-state index contributed by atoms with van der Waals surface area (Å²) in [5, 5.41) is 7.29. The highest BCUT2D eigenvalue weighted by Crippen LogP contribution is 2.25. The largest absolute Gasteiger partial charge is 0.364 e. The predicted octanol–water partition coefficient (Wildman–Crippen LogP) is 1.27. The van der Waals surface area contributed by atoms with Crippen LogP contribution in [-0.2, 0) is 0 Å². The zero-order valence-electron chi connectivity index (χ0n) is 13.7. The Kier molecular flexibility index (Phi) is 4.91. The maximum absolute atomic E-state index is 11.6. The van der Waals surface area contributed by atoms with Gasteiger partial charge in [0.1, 0.15) is 10.8 Å². The normalized spacial score (nSPS) is 17.5. The number of anilines is 3. The Morgan fingerprint density at radius 2 is 2.38 bits per heavy atom. The van der Waals surface area contributed by atoms with Gasteiger partial charge in [0.2, 0.25) is 0 Å². The standard InChI is InChI=1S/C15H21N7OS/c1-9-6-12(24-21-9)20-15-13(14(16)23)18-8-11(19-15)22(2)10-4-3-5-17-7-10/h6,8,10,17H,3-5,7H2,1-2H3,(H2,16,23)(H,19,20)/t10-/m0/s1. The van der Waals surface area contributed by atoms with Gasteiger partial charge in [-0.2, -0.15) is 4.37 Å². The number of amides is 1. The van der Waals surface area contributed by atoms with Crippen molar-refractivity contribution in [1.82, 2.24) is 19.7 Å². The van der Waals surface area contributed by atoms with Crippen LogP contribution in [0, 0.1) is 6.92 Å². The molecule has 2 aromatic heterocycles. The first kappa shape index (κ1) is 16.6. The molecule has 1 amide bonds. The first-order chi connectivity index (χ1) is 11.5. The van der Waals surface area contributed by atoms with Gasteiger partial charge in [0, 0.05) is 19.6 Å². The highest BCUT2D eigenvalue weighted by Gasteiger charge is 2.21. The summed E-state index contributed by atoms with van der Waals surface area (Å²) in [7, 11) is 1.99. The van der Waals surface area contributed by atoms with Crippen molar-refractivity contribution in [3.63, 3.8) is 0 Å². The van der Waals surface area contributed by atoms with Gasteiger partial charge >= 0.3 is 0 Å². The van der Waals surface area contributed by atoms with Crippen molar-refractivity contribution in [3.8, 4) is 0 Å². The maximum atomic E-state index is 11.6. The lowest BCUT2D eigenvalue weighted by molar-refractivity contribution is 0.0996. The van der Waals surface area contributed by atoms with Gasteiger partial charge in [0.15, 0.2) is 11.5 Å². The third-order valence-electron chi connectivity index (χ3n) is 4.04. The number of carbonyl (C=O) groups excluding carboxylic acids is 1. The molecule has 0 unspecified atom stereocenters. The highest BCUT2D eigenvalue weighted by atomic mass is 32.1. The van der Waals surface area contributed by atoms with Crippen molar-refractivity contribution < 1.29 is 4.79 Å². The van der Waals surface area contributed by atoms with E-state index < -0.39 is 5.91 Å². The van der Waals surface area contributed by atoms with Crippen LogP contribution in [0.25, 0.3) is 0 Å². The van der Waals surface area contributed by atoms with Crippen LogP contribution >= 0.6 is 11.5 Å². The number of likely N-dealkylation sites (N-methyl/N-ethyl adjacent to an activating group) is 1. The van der Waals surface area contributed by atoms with Gasteiger partial charge in [0.05, 0.1) is 11.9 Å². The minimum absolute atomic E-state index is 0.125. The molecule has 0 radical (unpaired) electrons. The van der Waals surface area contributed by atoms with E-state index in [2.05, 4.69) is 29.9 Å². The smallest absolute Gasteiger partial charge is 0.271 e. The molecule has 8 nitrogen and oxygen atoms in total. The molecule has 1 atom stereocenters. The first-order valence-electron chi connectivity index (χ1n) is 7.85. The molecule has 3 rings (SSSR count). The van der Waals surface area contributed by atoms with E-state index >= 15 is 0 Å². The number of hydrogen-bond donors (Lipinski definition) is 3. The molecule has 4 N–H and O–H groups in total. The van der Waals surface area contributed by atoms with E-state index in [1.807, 2.05) is 20.0 Å². The van der Waals surface area contributed by atoms with E-state index in [0.717, 1.165) is 36.6 Å². The molecule has 2 aromatic rings. The minimum atomic E-state index is -0.611. The van der Waals surface area contributed by atoms with Crippen molar-refractivity contribution in [2.75, 3.05) is 30.4 Å². The average Bonchev–Trinajstić information content (AvgIpc) is 2.99. The van der Waals surface area contributed by atoms with Crippen molar-refractivity contribution in [1.29, 1.82) is 0 Å². The van der Waals surface area contributed by atoms with Gasteiger partial charge in [-0.05, 0) is 43.9 Å². The molecule has 9 heteroatoms. The van der Waals surface area contributed by atoms with E-state index in [1.54, 1.807) is 6.20 Å². The SMILES string of the molecule is Cc1cc(Nc2nc(N(C)[C@H]3CCCNC3)cnc2C(N)=O)sn1. The Hall–Kier alpha value is -2.26. The fourth-order valence-electron chi connectivity index (χ4n) is 2.71. The Balaban J connectivity index is 1.88. The number of rotatable bonds is 5. The Morgan fingerprint density at radius 1 is 1.54 bits per heavy atom. The molecule has 24 heavy (non-hydrogen) atoms. The summed E-state index contributed by atoms with van der Waals surface area (Å²) >= 11 is 1.30. The van der Waals surface area contributed by atoms with Crippen LogP contribution in [0.2, 0.25) is 0 Å². The van der Waals surface area contributed by atoms with Crippen LogP contribution in [0.3, 0.4) is 0 Å². The Labute approximate surface area is 144 Å². The van der Waals surface area contributed by atoms with Crippen LogP contribution in [0.1, 0.15) is 29.0 Å². The molecule has 0 aromatic carbocycles. The number of nitrogens with two attached hydrogens (primary N) is 1. The van der Waals surface area contributed by atoms with Crippen LogP contribution < -0.4 is 21.3 Å². The summed E-state index contributed by atoms with van der Waals surface area (Å²) in [5.41, 5.74) is 6.45. The van der Waals surface area contributed by atoms with Crippen LogP contribution in [0.5, 0.6) is 0 Å². The van der Waals surface area contributed by atoms with Gasteiger partial charge in [-0.25, -0.2) is 9.97 Å². The van der Waals surface area contributed by atoms with Crippen LogP contribution in [0.15, 0.2) is 12.3 Å². The van der Waals surface area contributed by atoms with E-state index in [0.29, 0.717) is 17.7 Å². The zero-order valence-corrected chi connectivity index (χ0v) is 14.6. The number of hydrogen-bond acceptors (Lipinski definition) is 8. The molecule has 1 aliphatic rings. The molecular weight excluding hydrogens is 326 g/mol. The summed E-state index contributed by atoms with van der Waals surface area (Å²) < 4.78 is 4.21. The second-order valence-corrected chi connectivity index (χ2v) is 6.66. The van der Waals surface area contributed by atoms with E-state index in [-0.39, 0.29) is 5.69 Å². The molecular formula is C15H21N7OS. The summed E-state index contributed by atoms with van der Waals surface area (Å²) in [6.45, 7) is 3.86. The summed E-state index contributed by atoms with van der Waals surface area (Å²) in [6, 6.07) is 2.24. The molecule has 0 saturated carbocycles. The second-order valence-electron chi connectivity index (χ2n) is 5.86. The van der Waals surface area contributed by atoms with E-state index in [1.165, 1.54) is 11.5 Å². The molecule has 0 aliphatic carbocycles. The molecule has 1 fully saturated rings. The number of nitrogens with zero attached hydrogens (tertiary/aromatic N) is 4. The lowest BCUT2D eigenvalue weighted by Crippen LogP contribution is -2.44. The number of piperidine rings is 1. The second kappa shape index (κ2) is 7.10. The maximum Gasteiger partial charge on any atom is 0.271 e. The number of nitrogens with one attached hydrogen (secondary N) is 2. The fraction of sp³-hybridized carbons (Fsp3) is 0.467. The van der Waals surface area contributed by atoms with E-state index in [9.17, 15) is 4.79 Å². The molecule has 1 saturated heterocycles. The lowest BCUT2D eigenvalue weighted by Gasteiger charge is -2.32. The number of primary amides is 1. The lowest BCUT2D eigenvalue weighted by atomic mass is 10.1. The topological polar surface area (TPSA) is 109 Å². The third kappa shape index (κ3) is 3.62. The molecule has 3 heterocycles. The zero-order chi connectivity index (χ0) is 17.1. The monoisotopic (exact) mass is 347 g/mol. The van der Waals surface area contributed by atoms with Crippen molar-refractivity contribution in [2.45, 2.75) is 25.8 Å². The predicted molar refractivity (Wildman–Crippen MR) is 95.0 cm³/mol. The van der Waals surface area contributed by atoms with Crippen molar-refractivity contribution >= 4 is 34.1 Å².